The molecule has 3 nitrogen and oxygen atoms in total. The zero-order valence-electron chi connectivity index (χ0n) is 5.08. The topological polar surface area (TPSA) is 58.6 Å². The molecule has 1 aliphatic rings. The van der Waals surface area contributed by atoms with Crippen LogP contribution >= 0.6 is 11.8 Å². The van der Waals surface area contributed by atoms with Crippen molar-refractivity contribution in [2.75, 3.05) is 18.8 Å². The van der Waals surface area contributed by atoms with Crippen LogP contribution in [0.15, 0.2) is 4.99 Å². The molecule has 0 amide bonds. The van der Waals surface area contributed by atoms with Crippen LogP contribution in [0.4, 0.5) is 0 Å². The highest BCUT2D eigenvalue weighted by molar-refractivity contribution is 8.14. The smallest absolute Gasteiger partial charge is 0.114 e. The summed E-state index contributed by atoms with van der Waals surface area (Å²) >= 11 is 1.60. The van der Waals surface area contributed by atoms with E-state index in [1.54, 1.807) is 11.8 Å². The van der Waals surface area contributed by atoms with E-state index < -0.39 is 6.10 Å². The van der Waals surface area contributed by atoms with Crippen LogP contribution in [0.25, 0.3) is 0 Å². The van der Waals surface area contributed by atoms with Crippen molar-refractivity contribution in [2.24, 2.45) is 10.7 Å². The lowest BCUT2D eigenvalue weighted by Gasteiger charge is -2.04. The van der Waals surface area contributed by atoms with Crippen molar-refractivity contribution in [3.8, 4) is 0 Å². The van der Waals surface area contributed by atoms with Crippen LogP contribution in [0, 0.1) is 0 Å². The van der Waals surface area contributed by atoms with E-state index in [1.165, 1.54) is 0 Å². The number of thioether (sulfide) groups is 1. The minimum Gasteiger partial charge on any atom is -0.385 e. The van der Waals surface area contributed by atoms with E-state index in [1.807, 2.05) is 0 Å². The Morgan fingerprint density at radius 2 is 2.67 bits per heavy atom. The fourth-order valence-electron chi connectivity index (χ4n) is 0.654. The van der Waals surface area contributed by atoms with Gasteiger partial charge in [0.15, 0.2) is 0 Å². The van der Waals surface area contributed by atoms with Gasteiger partial charge in [0, 0.05) is 18.8 Å². The highest BCUT2D eigenvalue weighted by atomic mass is 32.2. The first kappa shape index (κ1) is 7.05. The fraction of sp³-hybridized carbons (Fsp3) is 0.800. The maximum absolute atomic E-state index is 9.08. The zero-order chi connectivity index (χ0) is 6.69. The molecule has 0 bridgehead atoms. The average molecular weight is 146 g/mol. The number of nitrogens with two attached hydrogens (primary N) is 1. The van der Waals surface area contributed by atoms with E-state index >= 15 is 0 Å². The van der Waals surface area contributed by atoms with E-state index in [0.29, 0.717) is 0 Å². The molecule has 1 unspecified atom stereocenters. The molecule has 1 heterocycles. The summed E-state index contributed by atoms with van der Waals surface area (Å²) in [4.78, 5) is 4.06. The van der Waals surface area contributed by atoms with Crippen LogP contribution in [0.5, 0.6) is 0 Å². The van der Waals surface area contributed by atoms with Crippen LogP contribution < -0.4 is 5.73 Å². The second-order valence-electron chi connectivity index (χ2n) is 1.82. The van der Waals surface area contributed by atoms with Gasteiger partial charge in [-0.2, -0.15) is 0 Å². The summed E-state index contributed by atoms with van der Waals surface area (Å²) in [5.41, 5.74) is 5.21. The summed E-state index contributed by atoms with van der Waals surface area (Å²) in [6.45, 7) is 1.11. The number of rotatable bonds is 2. The largest absolute Gasteiger partial charge is 0.385 e. The fourth-order valence-corrected chi connectivity index (χ4v) is 1.52. The number of hydrogen-bond donors (Lipinski definition) is 2. The van der Waals surface area contributed by atoms with Crippen molar-refractivity contribution < 1.29 is 5.11 Å². The Labute approximate surface area is 58.3 Å². The Bertz CT molecular complexity index is 126. The molecule has 9 heavy (non-hydrogen) atoms. The third kappa shape index (κ3) is 1.67. The van der Waals surface area contributed by atoms with Gasteiger partial charge in [-0.1, -0.05) is 0 Å². The molecule has 3 N–H and O–H groups in total. The van der Waals surface area contributed by atoms with Gasteiger partial charge >= 0.3 is 0 Å². The number of hydrogen-bond acceptors (Lipinski definition) is 4. The molecular formula is C5H10N2OS. The van der Waals surface area contributed by atoms with Gasteiger partial charge in [0.25, 0.3) is 0 Å². The minimum absolute atomic E-state index is 0.284. The van der Waals surface area contributed by atoms with Gasteiger partial charge in [-0.15, -0.1) is 11.8 Å². The number of aliphatic hydroxyl groups is 1. The quantitative estimate of drug-likeness (QED) is 0.549. The number of aliphatic imine (C=N–C) groups is 1. The first-order chi connectivity index (χ1) is 4.34. The number of aliphatic hydroxyl groups excluding tert-OH is 1. The maximum Gasteiger partial charge on any atom is 0.114 e. The van der Waals surface area contributed by atoms with Crippen molar-refractivity contribution in [1.82, 2.24) is 0 Å². The third-order valence-corrected chi connectivity index (χ3v) is 2.20. The lowest BCUT2D eigenvalue weighted by atomic mass is 10.4. The molecule has 1 rings (SSSR count). The average Bonchev–Trinajstić information content (AvgIpc) is 2.37. The van der Waals surface area contributed by atoms with Gasteiger partial charge in [-0.05, 0) is 0 Å². The van der Waals surface area contributed by atoms with Gasteiger partial charge < -0.3 is 10.8 Å². The van der Waals surface area contributed by atoms with E-state index in [-0.39, 0.29) is 6.54 Å². The second-order valence-corrected chi connectivity index (χ2v) is 2.94. The van der Waals surface area contributed by atoms with E-state index in [2.05, 4.69) is 4.99 Å². The van der Waals surface area contributed by atoms with Crippen LogP contribution in [0.1, 0.15) is 0 Å². The predicted octanol–water partition coefficient (Wildman–Crippen LogP) is -0.549. The molecule has 0 saturated carbocycles. The summed E-state index contributed by atoms with van der Waals surface area (Å²) in [7, 11) is 0. The van der Waals surface area contributed by atoms with Crippen molar-refractivity contribution in [1.29, 1.82) is 0 Å². The summed E-state index contributed by atoms with van der Waals surface area (Å²) in [6.07, 6.45) is -0.516. The third-order valence-electron chi connectivity index (χ3n) is 1.12. The molecule has 0 aliphatic carbocycles. The van der Waals surface area contributed by atoms with E-state index in [4.69, 9.17) is 10.8 Å². The predicted molar refractivity (Wildman–Crippen MR) is 39.8 cm³/mol. The minimum atomic E-state index is -0.516. The Morgan fingerprint density at radius 3 is 3.11 bits per heavy atom. The van der Waals surface area contributed by atoms with E-state index in [9.17, 15) is 0 Å². The second kappa shape index (κ2) is 3.20. The molecule has 52 valence electrons. The normalized spacial score (nSPS) is 21.8. The molecule has 0 spiro atoms. The monoisotopic (exact) mass is 146 g/mol. The molecule has 0 saturated heterocycles. The van der Waals surface area contributed by atoms with Gasteiger partial charge in [-0.3, -0.25) is 4.99 Å². The molecular weight excluding hydrogens is 136 g/mol. The molecule has 0 radical (unpaired) electrons. The molecule has 0 fully saturated rings. The molecule has 0 aromatic rings. The van der Waals surface area contributed by atoms with Crippen LogP contribution in [-0.4, -0.2) is 35.1 Å². The van der Waals surface area contributed by atoms with Gasteiger partial charge in [0.05, 0.1) is 5.04 Å². The maximum atomic E-state index is 9.08. The molecule has 1 atom stereocenters. The van der Waals surface area contributed by atoms with Crippen molar-refractivity contribution in [3.05, 3.63) is 0 Å². The standard InChI is InChI=1S/C5H10N2OS/c6-3-4(8)5-7-1-2-9-5/h4,8H,1-3,6H2. The van der Waals surface area contributed by atoms with Gasteiger partial charge in [0.1, 0.15) is 6.10 Å². The zero-order valence-corrected chi connectivity index (χ0v) is 5.90. The Kier molecular flexibility index (Phi) is 2.50. The lowest BCUT2D eigenvalue weighted by Crippen LogP contribution is -2.26. The molecule has 0 aromatic heterocycles. The van der Waals surface area contributed by atoms with Crippen LogP contribution in [-0.2, 0) is 0 Å². The molecule has 4 heteroatoms. The van der Waals surface area contributed by atoms with Crippen LogP contribution in [0.3, 0.4) is 0 Å². The summed E-state index contributed by atoms with van der Waals surface area (Å²) in [5, 5.41) is 9.88. The number of nitrogens with zero attached hydrogens (tertiary/aromatic N) is 1. The Morgan fingerprint density at radius 1 is 1.89 bits per heavy atom. The lowest BCUT2D eigenvalue weighted by molar-refractivity contribution is 0.253. The SMILES string of the molecule is NCC(O)C1=NCCS1. The van der Waals surface area contributed by atoms with Crippen LogP contribution in [0.2, 0.25) is 0 Å². The highest BCUT2D eigenvalue weighted by Gasteiger charge is 2.14. The van der Waals surface area contributed by atoms with Gasteiger partial charge in [0.2, 0.25) is 0 Å². The summed E-state index contributed by atoms with van der Waals surface area (Å²) in [6, 6.07) is 0. The van der Waals surface area contributed by atoms with E-state index in [0.717, 1.165) is 17.3 Å². The summed E-state index contributed by atoms with van der Waals surface area (Å²) in [5.74, 6) is 0.992. The van der Waals surface area contributed by atoms with Crippen molar-refractivity contribution in [2.45, 2.75) is 6.10 Å². The summed E-state index contributed by atoms with van der Waals surface area (Å²) < 4.78 is 0. The molecule has 1 aliphatic heterocycles. The van der Waals surface area contributed by atoms with Crippen molar-refractivity contribution in [3.63, 3.8) is 0 Å². The highest BCUT2D eigenvalue weighted by Crippen LogP contribution is 2.13. The Balaban J connectivity index is 2.40. The first-order valence-electron chi connectivity index (χ1n) is 2.90. The Hall–Kier alpha value is -0.0600. The van der Waals surface area contributed by atoms with Gasteiger partial charge in [-0.25, -0.2) is 0 Å². The van der Waals surface area contributed by atoms with Crippen molar-refractivity contribution >= 4 is 16.8 Å². The molecule has 0 aromatic carbocycles. The first-order valence-corrected chi connectivity index (χ1v) is 3.88.